The monoisotopic (exact) mass is 274 g/mol. The van der Waals surface area contributed by atoms with E-state index in [2.05, 4.69) is 43.4 Å². The van der Waals surface area contributed by atoms with E-state index in [0.29, 0.717) is 5.91 Å². The molecule has 1 aliphatic rings. The summed E-state index contributed by atoms with van der Waals surface area (Å²) >= 11 is 0. The molecule has 0 saturated carbocycles. The Hall–Kier alpha value is -1.35. The normalized spacial score (nSPS) is 18.8. The van der Waals surface area contributed by atoms with Gasteiger partial charge in [-0.2, -0.15) is 0 Å². The van der Waals surface area contributed by atoms with Gasteiger partial charge in [-0.05, 0) is 38.3 Å². The molecular formula is C17H26N2O. The Morgan fingerprint density at radius 3 is 2.70 bits per heavy atom. The van der Waals surface area contributed by atoms with Gasteiger partial charge in [0.2, 0.25) is 5.91 Å². The van der Waals surface area contributed by atoms with Crippen LogP contribution in [-0.4, -0.2) is 30.4 Å². The number of rotatable bonds is 5. The van der Waals surface area contributed by atoms with Crippen molar-refractivity contribution in [1.29, 1.82) is 0 Å². The van der Waals surface area contributed by atoms with E-state index in [-0.39, 0.29) is 5.92 Å². The quantitative estimate of drug-likeness (QED) is 0.895. The van der Waals surface area contributed by atoms with E-state index in [1.807, 2.05) is 4.90 Å². The third kappa shape index (κ3) is 4.07. The van der Waals surface area contributed by atoms with Gasteiger partial charge in [-0.1, -0.05) is 36.8 Å². The average molecular weight is 274 g/mol. The van der Waals surface area contributed by atoms with E-state index in [0.717, 1.165) is 45.4 Å². The fourth-order valence-electron chi connectivity index (χ4n) is 2.77. The number of nitrogens with zero attached hydrogens (tertiary/aromatic N) is 1. The van der Waals surface area contributed by atoms with Gasteiger partial charge in [0, 0.05) is 19.6 Å². The summed E-state index contributed by atoms with van der Waals surface area (Å²) in [5, 5.41) is 3.34. The molecule has 0 bridgehead atoms. The van der Waals surface area contributed by atoms with Crippen LogP contribution in [0.5, 0.6) is 0 Å². The molecule has 1 amide bonds. The van der Waals surface area contributed by atoms with E-state index >= 15 is 0 Å². The summed E-state index contributed by atoms with van der Waals surface area (Å²) in [7, 11) is 0. The first-order chi connectivity index (χ1) is 9.70. The first-order valence-electron chi connectivity index (χ1n) is 7.75. The molecular weight excluding hydrogens is 248 g/mol. The third-order valence-electron chi connectivity index (χ3n) is 3.95. The molecule has 1 fully saturated rings. The summed E-state index contributed by atoms with van der Waals surface area (Å²) in [4.78, 5) is 14.7. The highest BCUT2D eigenvalue weighted by atomic mass is 16.2. The molecule has 2 rings (SSSR count). The number of benzene rings is 1. The predicted octanol–water partition coefficient (Wildman–Crippen LogP) is 2.73. The Balaban J connectivity index is 2.01. The van der Waals surface area contributed by atoms with E-state index in [1.54, 1.807) is 0 Å². The minimum absolute atomic E-state index is 0.167. The predicted molar refractivity (Wildman–Crippen MR) is 82.5 cm³/mol. The number of carbonyl (C=O) groups excluding carboxylic acids is 1. The summed E-state index contributed by atoms with van der Waals surface area (Å²) in [6.45, 7) is 7.70. The van der Waals surface area contributed by atoms with Crippen LogP contribution in [0, 0.1) is 12.8 Å². The highest BCUT2D eigenvalue weighted by Gasteiger charge is 2.25. The number of hydrogen-bond acceptors (Lipinski definition) is 2. The van der Waals surface area contributed by atoms with Crippen molar-refractivity contribution in [2.24, 2.45) is 5.92 Å². The maximum Gasteiger partial charge on any atom is 0.227 e. The lowest BCUT2D eigenvalue weighted by Gasteiger charge is -2.29. The van der Waals surface area contributed by atoms with Gasteiger partial charge in [-0.3, -0.25) is 4.79 Å². The van der Waals surface area contributed by atoms with Crippen molar-refractivity contribution >= 4 is 5.91 Å². The topological polar surface area (TPSA) is 32.3 Å². The molecule has 1 heterocycles. The van der Waals surface area contributed by atoms with Crippen LogP contribution in [0.3, 0.4) is 0 Å². The number of piperidine rings is 1. The molecule has 1 aromatic rings. The zero-order valence-electron chi connectivity index (χ0n) is 12.7. The maximum atomic E-state index is 12.6. The highest BCUT2D eigenvalue weighted by molar-refractivity contribution is 5.79. The molecule has 0 unspecified atom stereocenters. The Morgan fingerprint density at radius 1 is 1.35 bits per heavy atom. The maximum absolute atomic E-state index is 12.6. The van der Waals surface area contributed by atoms with Crippen LogP contribution in [0.2, 0.25) is 0 Å². The number of carbonyl (C=O) groups is 1. The molecule has 3 heteroatoms. The summed E-state index contributed by atoms with van der Waals surface area (Å²) in [5.74, 6) is 0.486. The molecule has 20 heavy (non-hydrogen) atoms. The van der Waals surface area contributed by atoms with Gasteiger partial charge < -0.3 is 10.2 Å². The standard InChI is InChI=1S/C17H26N2O/c1-3-11-19(13-15-8-6-14(2)7-9-15)17(20)16-5-4-10-18-12-16/h6-9,16,18H,3-5,10-13H2,1-2H3/t16-/m0/s1. The zero-order chi connectivity index (χ0) is 14.4. The zero-order valence-corrected chi connectivity index (χ0v) is 12.7. The van der Waals surface area contributed by atoms with Crippen molar-refractivity contribution < 1.29 is 4.79 Å². The Labute approximate surface area is 122 Å². The molecule has 0 aromatic heterocycles. The van der Waals surface area contributed by atoms with Crippen LogP contribution < -0.4 is 5.32 Å². The van der Waals surface area contributed by atoms with Crippen LogP contribution in [0.4, 0.5) is 0 Å². The van der Waals surface area contributed by atoms with Gasteiger partial charge in [0.1, 0.15) is 0 Å². The van der Waals surface area contributed by atoms with E-state index in [4.69, 9.17) is 0 Å². The molecule has 1 aromatic carbocycles. The first-order valence-corrected chi connectivity index (χ1v) is 7.75. The Morgan fingerprint density at radius 2 is 2.10 bits per heavy atom. The molecule has 1 aliphatic heterocycles. The SMILES string of the molecule is CCCN(Cc1ccc(C)cc1)C(=O)[C@H]1CCCNC1. The Bertz CT molecular complexity index is 421. The van der Waals surface area contributed by atoms with Gasteiger partial charge >= 0.3 is 0 Å². The molecule has 3 nitrogen and oxygen atoms in total. The van der Waals surface area contributed by atoms with Crippen LogP contribution in [0.1, 0.15) is 37.3 Å². The molecule has 1 N–H and O–H groups in total. The second-order valence-electron chi connectivity index (χ2n) is 5.79. The van der Waals surface area contributed by atoms with Crippen LogP contribution in [0.25, 0.3) is 0 Å². The number of aryl methyl sites for hydroxylation is 1. The fourth-order valence-corrected chi connectivity index (χ4v) is 2.77. The van der Waals surface area contributed by atoms with Crippen molar-refractivity contribution in [2.75, 3.05) is 19.6 Å². The van der Waals surface area contributed by atoms with Gasteiger partial charge in [-0.25, -0.2) is 0 Å². The van der Waals surface area contributed by atoms with Crippen molar-refractivity contribution in [1.82, 2.24) is 10.2 Å². The number of nitrogens with one attached hydrogen (secondary N) is 1. The smallest absolute Gasteiger partial charge is 0.227 e. The van der Waals surface area contributed by atoms with Gasteiger partial charge in [0.25, 0.3) is 0 Å². The van der Waals surface area contributed by atoms with E-state index in [9.17, 15) is 4.79 Å². The largest absolute Gasteiger partial charge is 0.338 e. The van der Waals surface area contributed by atoms with Crippen molar-refractivity contribution in [3.05, 3.63) is 35.4 Å². The summed E-state index contributed by atoms with van der Waals surface area (Å²) < 4.78 is 0. The van der Waals surface area contributed by atoms with Crippen molar-refractivity contribution in [2.45, 2.75) is 39.7 Å². The highest BCUT2D eigenvalue weighted by Crippen LogP contribution is 2.16. The molecule has 110 valence electrons. The molecule has 0 radical (unpaired) electrons. The molecule has 0 aliphatic carbocycles. The Kier molecular flexibility index (Phi) is 5.60. The summed E-state index contributed by atoms with van der Waals surface area (Å²) in [6.07, 6.45) is 3.15. The first kappa shape index (κ1) is 15.0. The molecule has 1 saturated heterocycles. The van der Waals surface area contributed by atoms with Gasteiger partial charge in [0.05, 0.1) is 5.92 Å². The number of amides is 1. The van der Waals surface area contributed by atoms with Crippen molar-refractivity contribution in [3.8, 4) is 0 Å². The van der Waals surface area contributed by atoms with E-state index < -0.39 is 0 Å². The van der Waals surface area contributed by atoms with Gasteiger partial charge in [0.15, 0.2) is 0 Å². The molecule has 1 atom stereocenters. The minimum Gasteiger partial charge on any atom is -0.338 e. The van der Waals surface area contributed by atoms with Crippen LogP contribution in [0.15, 0.2) is 24.3 Å². The second kappa shape index (κ2) is 7.44. The average Bonchev–Trinajstić information content (AvgIpc) is 2.49. The lowest BCUT2D eigenvalue weighted by atomic mass is 9.97. The summed E-state index contributed by atoms with van der Waals surface area (Å²) in [6, 6.07) is 8.49. The van der Waals surface area contributed by atoms with Crippen molar-refractivity contribution in [3.63, 3.8) is 0 Å². The minimum atomic E-state index is 0.167. The summed E-state index contributed by atoms with van der Waals surface area (Å²) in [5.41, 5.74) is 2.49. The number of hydrogen-bond donors (Lipinski definition) is 1. The van der Waals surface area contributed by atoms with Crippen LogP contribution in [-0.2, 0) is 11.3 Å². The lowest BCUT2D eigenvalue weighted by molar-refractivity contribution is -0.136. The third-order valence-corrected chi connectivity index (χ3v) is 3.95. The molecule has 0 spiro atoms. The fraction of sp³-hybridized carbons (Fsp3) is 0.588. The van der Waals surface area contributed by atoms with Crippen LogP contribution >= 0.6 is 0 Å². The van der Waals surface area contributed by atoms with Gasteiger partial charge in [-0.15, -0.1) is 0 Å². The lowest BCUT2D eigenvalue weighted by Crippen LogP contribution is -2.43. The van der Waals surface area contributed by atoms with E-state index in [1.165, 1.54) is 11.1 Å². The second-order valence-corrected chi connectivity index (χ2v) is 5.79.